The molecule has 0 spiro atoms. The normalized spacial score (nSPS) is 10.8. The van der Waals surface area contributed by atoms with E-state index in [1.54, 1.807) is 18.2 Å². The van der Waals surface area contributed by atoms with Crippen LogP contribution < -0.4 is 14.9 Å². The summed E-state index contributed by atoms with van der Waals surface area (Å²) in [6.07, 6.45) is 1.54. The molecule has 0 aliphatic heterocycles. The molecule has 0 aliphatic carbocycles. The minimum atomic E-state index is -0.407. The molecule has 3 aromatic carbocycles. The van der Waals surface area contributed by atoms with Gasteiger partial charge in [-0.3, -0.25) is 4.79 Å². The Balaban J connectivity index is 1.43. The molecule has 0 heterocycles. The minimum absolute atomic E-state index is 0.218. The first-order valence-corrected chi connectivity index (χ1v) is 9.93. The van der Waals surface area contributed by atoms with Crippen molar-refractivity contribution in [3.63, 3.8) is 0 Å². The maximum Gasteiger partial charge on any atom is 0.277 e. The van der Waals surface area contributed by atoms with Crippen molar-refractivity contribution in [1.82, 2.24) is 5.43 Å². The maximum atomic E-state index is 11.8. The van der Waals surface area contributed by atoms with E-state index >= 15 is 0 Å². The predicted molar refractivity (Wildman–Crippen MR) is 120 cm³/mol. The maximum absolute atomic E-state index is 11.8. The molecule has 0 aromatic heterocycles. The van der Waals surface area contributed by atoms with Crippen LogP contribution in [0.4, 0.5) is 0 Å². The molecule has 1 amide bonds. The summed E-state index contributed by atoms with van der Waals surface area (Å²) in [4.78, 5) is 11.8. The number of amides is 1. The second-order valence-corrected chi connectivity index (χ2v) is 7.35. The van der Waals surface area contributed by atoms with Crippen molar-refractivity contribution in [2.45, 2.75) is 13.5 Å². The summed E-state index contributed by atoms with van der Waals surface area (Å²) < 4.78 is 11.1. The summed E-state index contributed by atoms with van der Waals surface area (Å²) in [5, 5.41) is 4.75. The number of hydrazone groups is 1. The fourth-order valence-electron chi connectivity index (χ4n) is 2.57. The van der Waals surface area contributed by atoms with Gasteiger partial charge in [0.25, 0.3) is 5.91 Å². The summed E-state index contributed by atoms with van der Waals surface area (Å²) in [6, 6.07) is 20.4. The molecule has 0 bridgehead atoms. The fraction of sp³-hybridized carbons (Fsp3) is 0.130. The topological polar surface area (TPSA) is 59.9 Å². The number of nitrogens with one attached hydrogen (secondary N) is 1. The van der Waals surface area contributed by atoms with E-state index in [9.17, 15) is 4.79 Å². The third-order valence-corrected chi connectivity index (χ3v) is 4.55. The number of halogens is 2. The second-order valence-electron chi connectivity index (χ2n) is 6.50. The van der Waals surface area contributed by atoms with E-state index in [-0.39, 0.29) is 6.61 Å². The number of hydrogen-bond acceptors (Lipinski definition) is 4. The highest BCUT2D eigenvalue weighted by Crippen LogP contribution is 2.27. The Morgan fingerprint density at radius 1 is 1.03 bits per heavy atom. The van der Waals surface area contributed by atoms with Crippen molar-refractivity contribution in [3.8, 4) is 11.5 Å². The molecule has 0 saturated carbocycles. The van der Waals surface area contributed by atoms with Gasteiger partial charge in [-0.15, -0.1) is 0 Å². The van der Waals surface area contributed by atoms with Gasteiger partial charge in [-0.05, 0) is 60.5 Å². The van der Waals surface area contributed by atoms with Crippen molar-refractivity contribution >= 4 is 35.3 Å². The molecule has 0 unspecified atom stereocenters. The molecular weight excluding hydrogens is 423 g/mol. The quantitative estimate of drug-likeness (QED) is 0.374. The molecule has 0 radical (unpaired) electrons. The van der Waals surface area contributed by atoms with E-state index < -0.39 is 5.91 Å². The van der Waals surface area contributed by atoms with Gasteiger partial charge in [-0.1, -0.05) is 53.0 Å². The average molecular weight is 443 g/mol. The van der Waals surface area contributed by atoms with Gasteiger partial charge in [0.05, 0.1) is 11.2 Å². The van der Waals surface area contributed by atoms with Gasteiger partial charge < -0.3 is 9.47 Å². The van der Waals surface area contributed by atoms with Crippen LogP contribution in [0.3, 0.4) is 0 Å². The monoisotopic (exact) mass is 442 g/mol. The summed E-state index contributed by atoms with van der Waals surface area (Å²) in [5.41, 5.74) is 5.54. The van der Waals surface area contributed by atoms with Crippen LogP contribution in [0.25, 0.3) is 0 Å². The number of rotatable bonds is 8. The summed E-state index contributed by atoms with van der Waals surface area (Å²) in [5.74, 6) is 0.725. The van der Waals surface area contributed by atoms with Crippen molar-refractivity contribution in [3.05, 3.63) is 93.5 Å². The molecule has 0 saturated heterocycles. The first kappa shape index (κ1) is 21.7. The van der Waals surface area contributed by atoms with Crippen LogP contribution in [-0.4, -0.2) is 18.7 Å². The number of benzene rings is 3. The Hall–Kier alpha value is -3.02. The molecule has 0 aliphatic rings. The third-order valence-electron chi connectivity index (χ3n) is 4.02. The molecule has 7 heteroatoms. The number of nitrogens with zero attached hydrogens (tertiary/aromatic N) is 1. The number of ether oxygens (including phenoxy) is 2. The zero-order valence-electron chi connectivity index (χ0n) is 16.3. The number of carbonyl (C=O) groups excluding carboxylic acids is 1. The predicted octanol–water partition coefficient (Wildman–Crippen LogP) is 5.41. The van der Waals surface area contributed by atoms with E-state index in [0.29, 0.717) is 22.4 Å². The van der Waals surface area contributed by atoms with Crippen LogP contribution in [0.1, 0.15) is 16.7 Å². The van der Waals surface area contributed by atoms with Crippen molar-refractivity contribution < 1.29 is 14.3 Å². The SMILES string of the molecule is Cc1cccc(COc2ccc(/C=N/NC(=O)COc3ccc(Cl)cc3Cl)cc2)c1. The lowest BCUT2D eigenvalue weighted by atomic mass is 10.1. The van der Waals surface area contributed by atoms with E-state index in [1.807, 2.05) is 36.4 Å². The lowest BCUT2D eigenvalue weighted by Gasteiger charge is -2.07. The van der Waals surface area contributed by atoms with Crippen molar-refractivity contribution in [2.75, 3.05) is 6.61 Å². The number of aryl methyl sites for hydroxylation is 1. The van der Waals surface area contributed by atoms with Gasteiger partial charge in [-0.25, -0.2) is 5.43 Å². The molecule has 154 valence electrons. The third kappa shape index (κ3) is 6.79. The van der Waals surface area contributed by atoms with Crippen LogP contribution in [0.15, 0.2) is 71.8 Å². The van der Waals surface area contributed by atoms with Crippen molar-refractivity contribution in [2.24, 2.45) is 5.10 Å². The van der Waals surface area contributed by atoms with Gasteiger partial charge in [0.2, 0.25) is 0 Å². The Bertz CT molecular complexity index is 1040. The Morgan fingerprint density at radius 2 is 1.83 bits per heavy atom. The van der Waals surface area contributed by atoms with E-state index in [2.05, 4.69) is 29.6 Å². The Labute approximate surface area is 185 Å². The zero-order chi connectivity index (χ0) is 21.3. The second kappa shape index (κ2) is 10.7. The van der Waals surface area contributed by atoms with Gasteiger partial charge in [0.15, 0.2) is 6.61 Å². The van der Waals surface area contributed by atoms with Crippen LogP contribution in [0.5, 0.6) is 11.5 Å². The van der Waals surface area contributed by atoms with Crippen LogP contribution in [0, 0.1) is 6.92 Å². The number of hydrogen-bond donors (Lipinski definition) is 1. The van der Waals surface area contributed by atoms with Gasteiger partial charge >= 0.3 is 0 Å². The summed E-state index contributed by atoms with van der Waals surface area (Å²) in [7, 11) is 0. The Kier molecular flexibility index (Phi) is 7.71. The average Bonchev–Trinajstić information content (AvgIpc) is 2.73. The first-order chi connectivity index (χ1) is 14.5. The van der Waals surface area contributed by atoms with Crippen LogP contribution >= 0.6 is 23.2 Å². The zero-order valence-corrected chi connectivity index (χ0v) is 17.8. The summed E-state index contributed by atoms with van der Waals surface area (Å²) >= 11 is 11.8. The minimum Gasteiger partial charge on any atom is -0.489 e. The van der Waals surface area contributed by atoms with E-state index in [1.165, 1.54) is 11.8 Å². The lowest BCUT2D eigenvalue weighted by Crippen LogP contribution is -2.24. The van der Waals surface area contributed by atoms with E-state index in [0.717, 1.165) is 16.9 Å². The number of carbonyl (C=O) groups is 1. The Morgan fingerprint density at radius 3 is 2.57 bits per heavy atom. The highest BCUT2D eigenvalue weighted by Gasteiger charge is 2.05. The summed E-state index contributed by atoms with van der Waals surface area (Å²) in [6.45, 7) is 2.34. The first-order valence-electron chi connectivity index (χ1n) is 9.18. The molecule has 0 fully saturated rings. The van der Waals surface area contributed by atoms with Gasteiger partial charge in [0.1, 0.15) is 18.1 Å². The van der Waals surface area contributed by atoms with Gasteiger partial charge in [-0.2, -0.15) is 5.10 Å². The van der Waals surface area contributed by atoms with Crippen LogP contribution in [0.2, 0.25) is 10.0 Å². The molecule has 30 heavy (non-hydrogen) atoms. The molecule has 3 rings (SSSR count). The molecular formula is C23H20Cl2N2O3. The largest absolute Gasteiger partial charge is 0.489 e. The smallest absolute Gasteiger partial charge is 0.277 e. The van der Waals surface area contributed by atoms with Gasteiger partial charge in [0, 0.05) is 5.02 Å². The lowest BCUT2D eigenvalue weighted by molar-refractivity contribution is -0.123. The molecule has 5 nitrogen and oxygen atoms in total. The highest BCUT2D eigenvalue weighted by molar-refractivity contribution is 6.35. The molecule has 0 atom stereocenters. The standard InChI is InChI=1S/C23H20Cl2N2O3/c1-16-3-2-4-18(11-16)14-29-20-8-5-17(6-9-20)13-26-27-23(28)15-30-22-10-7-19(24)12-21(22)25/h2-13H,14-15H2,1H3,(H,27,28)/b26-13+. The van der Waals surface area contributed by atoms with E-state index in [4.69, 9.17) is 32.7 Å². The van der Waals surface area contributed by atoms with Crippen molar-refractivity contribution in [1.29, 1.82) is 0 Å². The molecule has 3 aromatic rings. The molecule has 1 N–H and O–H groups in total. The highest BCUT2D eigenvalue weighted by atomic mass is 35.5. The van der Waals surface area contributed by atoms with Crippen LogP contribution in [-0.2, 0) is 11.4 Å². The fourth-order valence-corrected chi connectivity index (χ4v) is 3.03.